The van der Waals surface area contributed by atoms with Crippen LogP contribution >= 0.6 is 11.6 Å². The molecule has 4 rings (SSSR count). The Labute approximate surface area is 188 Å². The van der Waals surface area contributed by atoms with Gasteiger partial charge in [0.2, 0.25) is 0 Å². The maximum atomic E-state index is 13.4. The third-order valence-corrected chi connectivity index (χ3v) is 5.86. The Kier molecular flexibility index (Phi) is 6.18. The van der Waals surface area contributed by atoms with Crippen LogP contribution in [-0.2, 0) is 0 Å². The highest BCUT2D eigenvalue weighted by atomic mass is 35.5. The van der Waals surface area contributed by atoms with Gasteiger partial charge in [-0.3, -0.25) is 4.79 Å². The van der Waals surface area contributed by atoms with E-state index in [2.05, 4.69) is 29.9 Å². The quantitative estimate of drug-likeness (QED) is 0.583. The lowest BCUT2D eigenvalue weighted by Crippen LogP contribution is -2.49. The average Bonchev–Trinajstić information content (AvgIpc) is 3.24. The third kappa shape index (κ3) is 4.26. The van der Waals surface area contributed by atoms with Crippen molar-refractivity contribution in [2.24, 2.45) is 0 Å². The Morgan fingerprint density at radius 1 is 1.06 bits per heavy atom. The van der Waals surface area contributed by atoms with Crippen LogP contribution < -0.4 is 9.64 Å². The number of carbonyl (C=O) groups excluding carboxylic acids is 1. The zero-order chi connectivity index (χ0) is 22.0. The van der Waals surface area contributed by atoms with Gasteiger partial charge in [0.05, 0.1) is 35.9 Å². The summed E-state index contributed by atoms with van der Waals surface area (Å²) in [6.07, 6.45) is 1.69. The number of hydrogen-bond donors (Lipinski definition) is 0. The minimum Gasteiger partial charge on any atom is -0.495 e. The second-order valence-corrected chi connectivity index (χ2v) is 8.38. The summed E-state index contributed by atoms with van der Waals surface area (Å²) in [5.41, 5.74) is 3.48. The van der Waals surface area contributed by atoms with Crippen LogP contribution in [0.3, 0.4) is 0 Å². The van der Waals surface area contributed by atoms with Crippen LogP contribution in [0.1, 0.15) is 35.8 Å². The Hall–Kier alpha value is -2.99. The number of ether oxygens (including phenoxy) is 1. The van der Waals surface area contributed by atoms with Crippen LogP contribution in [0.25, 0.3) is 5.69 Å². The van der Waals surface area contributed by atoms with Gasteiger partial charge in [-0.1, -0.05) is 43.6 Å². The molecule has 1 aliphatic heterocycles. The van der Waals surface area contributed by atoms with Gasteiger partial charge in [0.15, 0.2) is 0 Å². The molecule has 0 unspecified atom stereocenters. The molecule has 0 saturated carbocycles. The number of rotatable bonds is 5. The highest BCUT2D eigenvalue weighted by molar-refractivity contribution is 6.30. The Bertz CT molecular complexity index is 1070. The molecule has 0 bridgehead atoms. The molecule has 7 heteroatoms. The van der Waals surface area contributed by atoms with E-state index in [1.807, 2.05) is 52.0 Å². The van der Waals surface area contributed by atoms with E-state index < -0.39 is 0 Å². The number of piperazine rings is 1. The van der Waals surface area contributed by atoms with E-state index in [0.717, 1.165) is 35.9 Å². The minimum atomic E-state index is 0.0247. The van der Waals surface area contributed by atoms with E-state index in [-0.39, 0.29) is 11.8 Å². The van der Waals surface area contributed by atoms with Gasteiger partial charge in [0.25, 0.3) is 5.91 Å². The molecular weight excluding hydrogens is 412 g/mol. The highest BCUT2D eigenvalue weighted by Gasteiger charge is 2.28. The second kappa shape index (κ2) is 9.02. The molecule has 0 N–H and O–H groups in total. The number of benzene rings is 2. The second-order valence-electron chi connectivity index (χ2n) is 7.94. The molecule has 0 spiro atoms. The number of para-hydroxylation sites is 2. The van der Waals surface area contributed by atoms with E-state index >= 15 is 0 Å². The van der Waals surface area contributed by atoms with Crippen molar-refractivity contribution in [2.75, 3.05) is 38.2 Å². The minimum absolute atomic E-state index is 0.0247. The molecule has 1 aromatic heterocycles. The molecule has 3 aromatic rings. The van der Waals surface area contributed by atoms with Crippen molar-refractivity contribution < 1.29 is 9.53 Å². The first-order valence-electron chi connectivity index (χ1n) is 10.5. The lowest BCUT2D eigenvalue weighted by Gasteiger charge is -2.36. The zero-order valence-electron chi connectivity index (χ0n) is 18.1. The predicted octanol–water partition coefficient (Wildman–Crippen LogP) is 4.62. The molecule has 0 atom stereocenters. The van der Waals surface area contributed by atoms with Crippen molar-refractivity contribution in [1.29, 1.82) is 0 Å². The molecule has 2 aromatic carbocycles. The fourth-order valence-corrected chi connectivity index (χ4v) is 4.29. The van der Waals surface area contributed by atoms with E-state index in [1.54, 1.807) is 13.3 Å². The lowest BCUT2D eigenvalue weighted by molar-refractivity contribution is 0.0745. The van der Waals surface area contributed by atoms with Gasteiger partial charge in [-0.25, -0.2) is 4.68 Å². The Balaban J connectivity index is 1.54. The molecular formula is C24H27ClN4O2. The molecule has 1 saturated heterocycles. The number of methoxy groups -OCH3 is 1. The number of nitrogens with zero attached hydrogens (tertiary/aromatic N) is 4. The smallest absolute Gasteiger partial charge is 0.257 e. The first-order chi connectivity index (χ1) is 15.0. The summed E-state index contributed by atoms with van der Waals surface area (Å²) < 4.78 is 7.32. The maximum Gasteiger partial charge on any atom is 0.257 e. The van der Waals surface area contributed by atoms with Gasteiger partial charge in [-0.2, -0.15) is 5.10 Å². The van der Waals surface area contributed by atoms with Crippen LogP contribution in [-0.4, -0.2) is 53.9 Å². The average molecular weight is 439 g/mol. The number of hydrogen-bond acceptors (Lipinski definition) is 4. The van der Waals surface area contributed by atoms with Crippen LogP contribution in [0.15, 0.2) is 54.7 Å². The standard InChI is InChI=1S/C24H27ClN4O2/c1-17(2)23-20(16-26-29(23)19-8-6-7-18(25)15-19)24(30)28-13-11-27(12-14-28)21-9-4-5-10-22(21)31-3/h4-10,15-17H,11-14H2,1-3H3. The summed E-state index contributed by atoms with van der Waals surface area (Å²) in [6.45, 7) is 6.97. The van der Waals surface area contributed by atoms with E-state index in [1.165, 1.54) is 0 Å². The number of carbonyl (C=O) groups is 1. The first kappa shape index (κ1) is 21.2. The molecule has 0 aliphatic carbocycles. The summed E-state index contributed by atoms with van der Waals surface area (Å²) in [4.78, 5) is 17.6. The highest BCUT2D eigenvalue weighted by Crippen LogP contribution is 2.29. The lowest BCUT2D eigenvalue weighted by atomic mass is 10.0. The predicted molar refractivity (Wildman–Crippen MR) is 124 cm³/mol. The fourth-order valence-electron chi connectivity index (χ4n) is 4.10. The van der Waals surface area contributed by atoms with Gasteiger partial charge in [0, 0.05) is 31.2 Å². The summed E-state index contributed by atoms with van der Waals surface area (Å²) in [5, 5.41) is 5.18. The van der Waals surface area contributed by atoms with Crippen molar-refractivity contribution in [1.82, 2.24) is 14.7 Å². The van der Waals surface area contributed by atoms with Crippen molar-refractivity contribution in [3.8, 4) is 11.4 Å². The number of anilines is 1. The SMILES string of the molecule is COc1ccccc1N1CCN(C(=O)c2cnn(-c3cccc(Cl)c3)c2C(C)C)CC1. The van der Waals surface area contributed by atoms with Crippen LogP contribution in [0.5, 0.6) is 5.75 Å². The molecule has 162 valence electrons. The first-order valence-corrected chi connectivity index (χ1v) is 10.9. The Morgan fingerprint density at radius 3 is 2.48 bits per heavy atom. The van der Waals surface area contributed by atoms with Crippen LogP contribution in [0, 0.1) is 0 Å². The molecule has 1 fully saturated rings. The summed E-state index contributed by atoms with van der Waals surface area (Å²) >= 11 is 6.17. The van der Waals surface area contributed by atoms with Crippen molar-refractivity contribution in [2.45, 2.75) is 19.8 Å². The maximum absolute atomic E-state index is 13.4. The number of aromatic nitrogens is 2. The molecule has 1 amide bonds. The molecule has 1 aliphatic rings. The van der Waals surface area contributed by atoms with Gasteiger partial charge in [0.1, 0.15) is 5.75 Å². The molecule has 2 heterocycles. The van der Waals surface area contributed by atoms with Crippen LogP contribution in [0.4, 0.5) is 5.69 Å². The largest absolute Gasteiger partial charge is 0.495 e. The van der Waals surface area contributed by atoms with Crippen LogP contribution in [0.2, 0.25) is 5.02 Å². The van der Waals surface area contributed by atoms with E-state index in [4.69, 9.17) is 16.3 Å². The Morgan fingerprint density at radius 2 is 1.81 bits per heavy atom. The third-order valence-electron chi connectivity index (χ3n) is 5.63. The van der Waals surface area contributed by atoms with Crippen molar-refractivity contribution >= 4 is 23.2 Å². The van der Waals surface area contributed by atoms with E-state index in [9.17, 15) is 4.79 Å². The normalized spacial score (nSPS) is 14.2. The van der Waals surface area contributed by atoms with Crippen molar-refractivity contribution in [3.05, 3.63) is 71.0 Å². The zero-order valence-corrected chi connectivity index (χ0v) is 18.8. The summed E-state index contributed by atoms with van der Waals surface area (Å²) in [6, 6.07) is 15.5. The van der Waals surface area contributed by atoms with Gasteiger partial charge in [-0.15, -0.1) is 0 Å². The monoisotopic (exact) mass is 438 g/mol. The topological polar surface area (TPSA) is 50.6 Å². The summed E-state index contributed by atoms with van der Waals surface area (Å²) in [5.74, 6) is 1.01. The van der Waals surface area contributed by atoms with E-state index in [0.29, 0.717) is 23.7 Å². The van der Waals surface area contributed by atoms with Crippen molar-refractivity contribution in [3.63, 3.8) is 0 Å². The number of amides is 1. The molecule has 6 nitrogen and oxygen atoms in total. The van der Waals surface area contributed by atoms with Gasteiger partial charge >= 0.3 is 0 Å². The molecule has 0 radical (unpaired) electrons. The summed E-state index contributed by atoms with van der Waals surface area (Å²) in [7, 11) is 1.68. The fraction of sp³-hybridized carbons (Fsp3) is 0.333. The number of halogens is 1. The molecule has 31 heavy (non-hydrogen) atoms. The van der Waals surface area contributed by atoms with Gasteiger partial charge < -0.3 is 14.5 Å². The van der Waals surface area contributed by atoms with Gasteiger partial charge in [-0.05, 0) is 36.2 Å².